The van der Waals surface area contributed by atoms with E-state index in [2.05, 4.69) is 44.3 Å². The maximum Gasteiger partial charge on any atom is 2.00 e. The molecule has 0 aliphatic rings. The summed E-state index contributed by atoms with van der Waals surface area (Å²) in [6.07, 6.45) is 0. The van der Waals surface area contributed by atoms with Crippen molar-refractivity contribution in [1.29, 1.82) is 0 Å². The summed E-state index contributed by atoms with van der Waals surface area (Å²) in [6, 6.07) is 25.4. The number of amidine groups is 2. The molecule has 0 unspecified atom stereocenters. The van der Waals surface area contributed by atoms with Crippen LogP contribution in [0.4, 0.5) is 10.5 Å². The minimum absolute atomic E-state index is 0. The molecule has 46 heavy (non-hydrogen) atoms. The number of hydrogen-bond donors (Lipinski definition) is 0. The molecular formula is C39H47N5OZn. The SMILES string of the molecule is CC(C)N=C(C#Cc1ccccc1)[N-]C(C)C.Cc1cccc(C)c1[N-]C(=O)N(C(C#Cc1ccccc1)=NC(C)C)C(C)C.[Zn+2]. The number of rotatable bonds is 5. The van der Waals surface area contributed by atoms with Crippen LogP contribution in [0, 0.1) is 37.5 Å². The largest absolute Gasteiger partial charge is 2.00 e. The van der Waals surface area contributed by atoms with E-state index in [1.807, 2.05) is 148 Å². The van der Waals surface area contributed by atoms with Gasteiger partial charge in [0.05, 0.1) is 0 Å². The minimum atomic E-state index is -0.353. The number of aryl methyl sites for hydroxylation is 2. The number of amides is 2. The Morgan fingerprint density at radius 2 is 1.15 bits per heavy atom. The molecule has 3 aromatic carbocycles. The number of benzene rings is 3. The topological polar surface area (TPSA) is 73.2 Å². The molecular weight excluding hydrogens is 620 g/mol. The monoisotopic (exact) mass is 665 g/mol. The van der Waals surface area contributed by atoms with Crippen LogP contribution in [-0.2, 0) is 19.5 Å². The van der Waals surface area contributed by atoms with Crippen molar-refractivity contribution < 1.29 is 24.3 Å². The van der Waals surface area contributed by atoms with Crippen LogP contribution in [0.1, 0.15) is 77.6 Å². The summed E-state index contributed by atoms with van der Waals surface area (Å²) in [4.78, 5) is 23.7. The van der Waals surface area contributed by atoms with E-state index in [1.165, 1.54) is 0 Å². The van der Waals surface area contributed by atoms with Gasteiger partial charge in [0.25, 0.3) is 0 Å². The van der Waals surface area contributed by atoms with Crippen LogP contribution < -0.4 is 0 Å². The number of hydrogen-bond acceptors (Lipinski definition) is 3. The fourth-order valence-corrected chi connectivity index (χ4v) is 3.97. The Balaban J connectivity index is 0.000000505. The standard InChI is InChI=1S/C24H29N3O.C15H19N2.Zn/c1-17(2)25-22(16-15-21-13-8-7-9-14-21)27(18(3)4)24(28)26-23-19(5)11-10-12-20(23)6;1-12(2)16-15(17-13(3)4)11-10-14-8-6-5-7-9-14;/h7-14,17-18H,1-6H3,(H,26,28);5-9,12-13H,1-4H3;/q;-1;+2/p-1. The van der Waals surface area contributed by atoms with Crippen LogP contribution in [0.2, 0.25) is 0 Å². The van der Waals surface area contributed by atoms with Crippen molar-refractivity contribution in [3.05, 3.63) is 112 Å². The molecule has 0 saturated heterocycles. The van der Waals surface area contributed by atoms with Gasteiger partial charge in [-0.3, -0.25) is 9.79 Å². The molecule has 0 fully saturated rings. The molecule has 7 heteroatoms. The smallest absolute Gasteiger partial charge is 0.456 e. The first-order chi connectivity index (χ1) is 21.4. The summed E-state index contributed by atoms with van der Waals surface area (Å²) in [6.45, 7) is 19.8. The number of urea groups is 1. The summed E-state index contributed by atoms with van der Waals surface area (Å²) in [5.74, 6) is 13.4. The number of para-hydroxylation sites is 1. The minimum Gasteiger partial charge on any atom is -0.456 e. The maximum atomic E-state index is 13.1. The van der Waals surface area contributed by atoms with Gasteiger partial charge in [-0.1, -0.05) is 114 Å². The van der Waals surface area contributed by atoms with Crippen molar-refractivity contribution in [1.82, 2.24) is 4.90 Å². The van der Waals surface area contributed by atoms with Gasteiger partial charge in [0.15, 0.2) is 6.03 Å². The van der Waals surface area contributed by atoms with E-state index >= 15 is 0 Å². The molecule has 0 radical (unpaired) electrons. The second kappa shape index (κ2) is 20.8. The predicted molar refractivity (Wildman–Crippen MR) is 192 cm³/mol. The average molecular weight is 667 g/mol. The Hall–Kier alpha value is -4.19. The van der Waals surface area contributed by atoms with E-state index in [0.29, 0.717) is 17.4 Å². The molecule has 0 aromatic heterocycles. The van der Waals surface area contributed by atoms with Gasteiger partial charge in [0.1, 0.15) is 5.84 Å². The second-order valence-electron chi connectivity index (χ2n) is 11.6. The van der Waals surface area contributed by atoms with Crippen molar-refractivity contribution in [2.24, 2.45) is 9.98 Å². The zero-order valence-electron chi connectivity index (χ0n) is 29.2. The van der Waals surface area contributed by atoms with Gasteiger partial charge >= 0.3 is 19.5 Å². The van der Waals surface area contributed by atoms with E-state index in [-0.39, 0.29) is 49.7 Å². The van der Waals surface area contributed by atoms with Crippen molar-refractivity contribution >= 4 is 23.4 Å². The molecule has 0 spiro atoms. The van der Waals surface area contributed by atoms with Crippen LogP contribution in [0.25, 0.3) is 10.6 Å². The molecule has 0 atom stereocenters. The van der Waals surface area contributed by atoms with Crippen molar-refractivity contribution in [2.75, 3.05) is 0 Å². The third kappa shape index (κ3) is 14.7. The molecule has 0 heterocycles. The first-order valence-corrected chi connectivity index (χ1v) is 15.5. The van der Waals surface area contributed by atoms with Crippen LogP contribution >= 0.6 is 0 Å². The Morgan fingerprint density at radius 1 is 0.674 bits per heavy atom. The molecule has 0 bridgehead atoms. The molecule has 2 amide bonds. The van der Waals surface area contributed by atoms with E-state index < -0.39 is 0 Å². The molecule has 6 nitrogen and oxygen atoms in total. The average Bonchev–Trinajstić information content (AvgIpc) is 2.97. The van der Waals surface area contributed by atoms with Gasteiger partial charge in [0, 0.05) is 17.2 Å². The van der Waals surface area contributed by atoms with Crippen LogP contribution in [0.15, 0.2) is 88.8 Å². The molecule has 0 aliphatic heterocycles. The molecule has 0 N–H and O–H groups in total. The van der Waals surface area contributed by atoms with Crippen molar-refractivity contribution in [3.63, 3.8) is 0 Å². The zero-order chi connectivity index (χ0) is 33.4. The first-order valence-electron chi connectivity index (χ1n) is 15.5. The molecule has 236 valence electrons. The Labute approximate surface area is 290 Å². The van der Waals surface area contributed by atoms with Gasteiger partial charge in [-0.2, -0.15) is 0 Å². The Morgan fingerprint density at radius 3 is 1.59 bits per heavy atom. The normalized spacial score (nSPS) is 11.0. The van der Waals surface area contributed by atoms with E-state index in [0.717, 1.165) is 22.3 Å². The molecule has 3 rings (SSSR count). The predicted octanol–water partition coefficient (Wildman–Crippen LogP) is 9.62. The maximum absolute atomic E-state index is 13.1. The summed E-state index contributed by atoms with van der Waals surface area (Å²) in [7, 11) is 0. The number of aliphatic imine (C=N–C) groups is 2. The third-order valence-corrected chi connectivity index (χ3v) is 5.92. The van der Waals surface area contributed by atoms with Crippen LogP contribution in [-0.4, -0.2) is 46.8 Å². The van der Waals surface area contributed by atoms with Crippen LogP contribution in [0.3, 0.4) is 0 Å². The molecule has 0 aliphatic carbocycles. The van der Waals surface area contributed by atoms with Gasteiger partial charge in [-0.25, -0.2) is 0 Å². The fourth-order valence-electron chi connectivity index (χ4n) is 3.97. The Kier molecular flexibility index (Phi) is 18.0. The summed E-state index contributed by atoms with van der Waals surface area (Å²) in [5.41, 5.74) is 4.51. The summed E-state index contributed by atoms with van der Waals surface area (Å²) < 4.78 is 0. The first kappa shape index (κ1) is 39.8. The third-order valence-electron chi connectivity index (χ3n) is 5.92. The molecule has 0 saturated carbocycles. The van der Waals surface area contributed by atoms with Gasteiger partial charge in [0.2, 0.25) is 0 Å². The molecule has 3 aromatic rings. The Bertz CT molecular complexity index is 1530. The second-order valence-corrected chi connectivity index (χ2v) is 11.6. The van der Waals surface area contributed by atoms with Gasteiger partial charge < -0.3 is 20.5 Å². The van der Waals surface area contributed by atoms with Crippen molar-refractivity contribution in [2.45, 2.75) is 93.4 Å². The van der Waals surface area contributed by atoms with E-state index in [4.69, 9.17) is 0 Å². The van der Waals surface area contributed by atoms with Crippen LogP contribution in [0.5, 0.6) is 0 Å². The summed E-state index contributed by atoms with van der Waals surface area (Å²) >= 11 is 0. The quantitative estimate of drug-likeness (QED) is 0.116. The van der Waals surface area contributed by atoms with E-state index in [1.54, 1.807) is 4.90 Å². The van der Waals surface area contributed by atoms with Gasteiger partial charge in [-0.15, -0.1) is 0 Å². The number of carbonyl (C=O) groups excluding carboxylic acids is 1. The zero-order valence-corrected chi connectivity index (χ0v) is 32.1. The summed E-state index contributed by atoms with van der Waals surface area (Å²) in [5, 5.41) is 8.81. The van der Waals surface area contributed by atoms with Crippen molar-refractivity contribution in [3.8, 4) is 23.7 Å². The number of nitrogens with zero attached hydrogens (tertiary/aromatic N) is 5. The van der Waals surface area contributed by atoms with Gasteiger partial charge in [-0.05, 0) is 98.7 Å². The van der Waals surface area contributed by atoms with E-state index in [9.17, 15) is 4.79 Å². The fraction of sp³-hybridized carbons (Fsp3) is 0.359. The number of carbonyl (C=O) groups is 1.